The van der Waals surface area contributed by atoms with Crippen molar-refractivity contribution in [3.63, 3.8) is 0 Å². The highest BCUT2D eigenvalue weighted by molar-refractivity contribution is 6.35. The van der Waals surface area contributed by atoms with Crippen molar-refractivity contribution in [2.24, 2.45) is 5.92 Å². The molecule has 0 spiro atoms. The van der Waals surface area contributed by atoms with Gasteiger partial charge in [-0.2, -0.15) is 5.26 Å². The van der Waals surface area contributed by atoms with Gasteiger partial charge in [-0.05, 0) is 18.6 Å². The molecule has 2 atom stereocenters. The predicted octanol–water partition coefficient (Wildman–Crippen LogP) is 4.24. The SMILES string of the molecule is COc1cc(Cl)cc(Cl)c1C1C2=C(CCCC2=O)OC(=N)C1C#N. The Hall–Kier alpha value is -2.03. The molecule has 2 unspecified atom stereocenters. The van der Waals surface area contributed by atoms with Crippen molar-refractivity contribution in [2.75, 3.05) is 7.11 Å². The van der Waals surface area contributed by atoms with E-state index in [1.807, 2.05) is 0 Å². The summed E-state index contributed by atoms with van der Waals surface area (Å²) >= 11 is 12.4. The first-order valence-corrected chi connectivity index (χ1v) is 8.18. The Morgan fingerprint density at radius 1 is 1.38 bits per heavy atom. The second-order valence-corrected chi connectivity index (χ2v) is 6.51. The summed E-state index contributed by atoms with van der Waals surface area (Å²) < 4.78 is 10.8. The number of carbonyl (C=O) groups excluding carboxylic acids is 1. The highest BCUT2D eigenvalue weighted by Crippen LogP contribution is 2.48. The van der Waals surface area contributed by atoms with Gasteiger partial charge in [-0.1, -0.05) is 23.2 Å². The second-order valence-electron chi connectivity index (χ2n) is 5.67. The lowest BCUT2D eigenvalue weighted by Crippen LogP contribution is -2.34. The van der Waals surface area contributed by atoms with Crippen LogP contribution in [0.15, 0.2) is 23.5 Å². The maximum atomic E-state index is 12.5. The number of benzene rings is 1. The van der Waals surface area contributed by atoms with Gasteiger partial charge in [-0.3, -0.25) is 10.2 Å². The minimum atomic E-state index is -0.946. The van der Waals surface area contributed by atoms with Gasteiger partial charge >= 0.3 is 0 Å². The summed E-state index contributed by atoms with van der Waals surface area (Å²) in [6.07, 6.45) is 1.61. The van der Waals surface area contributed by atoms with Gasteiger partial charge in [-0.15, -0.1) is 0 Å². The zero-order valence-corrected chi connectivity index (χ0v) is 14.4. The molecule has 0 aromatic heterocycles. The van der Waals surface area contributed by atoms with Crippen LogP contribution in [-0.4, -0.2) is 18.8 Å². The number of Topliss-reactive ketones (excluding diaryl/α,β-unsaturated/α-hetero) is 1. The minimum Gasteiger partial charge on any atom is -0.496 e. The van der Waals surface area contributed by atoms with E-state index in [-0.39, 0.29) is 11.7 Å². The lowest BCUT2D eigenvalue weighted by Gasteiger charge is -2.35. The molecular formula is C17H14Cl2N2O3. The van der Waals surface area contributed by atoms with E-state index in [0.29, 0.717) is 52.0 Å². The van der Waals surface area contributed by atoms with Crippen molar-refractivity contribution in [3.05, 3.63) is 39.1 Å². The van der Waals surface area contributed by atoms with E-state index in [9.17, 15) is 10.1 Å². The largest absolute Gasteiger partial charge is 0.496 e. The maximum absolute atomic E-state index is 12.5. The second kappa shape index (κ2) is 6.46. The quantitative estimate of drug-likeness (QED) is 0.850. The molecule has 0 radical (unpaired) electrons. The Balaban J connectivity index is 2.28. The molecule has 7 heteroatoms. The number of nitrogens with zero attached hydrogens (tertiary/aromatic N) is 1. The molecule has 0 amide bonds. The molecule has 3 rings (SSSR count). The zero-order chi connectivity index (χ0) is 17.4. The van der Waals surface area contributed by atoms with E-state index in [1.54, 1.807) is 12.1 Å². The molecule has 1 N–H and O–H groups in total. The normalized spacial score (nSPS) is 23.4. The van der Waals surface area contributed by atoms with Crippen LogP contribution in [-0.2, 0) is 9.53 Å². The number of carbonyl (C=O) groups is 1. The van der Waals surface area contributed by atoms with Gasteiger partial charge in [0.2, 0.25) is 5.90 Å². The summed E-state index contributed by atoms with van der Waals surface area (Å²) in [5.74, 6) is -1.05. The fraction of sp³-hybridized carbons (Fsp3) is 0.353. The van der Waals surface area contributed by atoms with E-state index in [4.69, 9.17) is 38.1 Å². The molecule has 1 heterocycles. The van der Waals surface area contributed by atoms with Crippen molar-refractivity contribution in [1.82, 2.24) is 0 Å². The summed E-state index contributed by atoms with van der Waals surface area (Å²) in [4.78, 5) is 12.5. The molecule has 1 aromatic rings. The number of ketones is 1. The molecule has 1 aromatic carbocycles. The average molecular weight is 365 g/mol. The number of ether oxygens (including phenoxy) is 2. The van der Waals surface area contributed by atoms with E-state index < -0.39 is 11.8 Å². The molecular weight excluding hydrogens is 351 g/mol. The number of nitriles is 1. The molecule has 2 aliphatic rings. The predicted molar refractivity (Wildman–Crippen MR) is 89.6 cm³/mol. The standard InChI is InChI=1S/C17H14Cl2N2O3/c1-23-13-6-8(18)5-10(19)15(13)14-9(7-20)17(21)24-12-4-2-3-11(22)16(12)14/h5-6,9,14,21H,2-4H2,1H3. The first-order valence-electron chi connectivity index (χ1n) is 7.43. The van der Waals surface area contributed by atoms with E-state index in [2.05, 4.69) is 6.07 Å². The van der Waals surface area contributed by atoms with Crippen LogP contribution in [0.2, 0.25) is 10.0 Å². The maximum Gasteiger partial charge on any atom is 0.205 e. The number of hydrogen-bond donors (Lipinski definition) is 1. The van der Waals surface area contributed by atoms with Crippen LogP contribution in [0.25, 0.3) is 0 Å². The summed E-state index contributed by atoms with van der Waals surface area (Å²) in [7, 11) is 1.47. The lowest BCUT2D eigenvalue weighted by molar-refractivity contribution is -0.116. The number of allylic oxidation sites excluding steroid dienone is 2. The summed E-state index contributed by atoms with van der Waals surface area (Å²) in [6, 6.07) is 5.20. The van der Waals surface area contributed by atoms with Crippen molar-refractivity contribution in [2.45, 2.75) is 25.2 Å². The van der Waals surface area contributed by atoms with Gasteiger partial charge in [0, 0.05) is 39.9 Å². The fourth-order valence-electron chi connectivity index (χ4n) is 3.28. The number of methoxy groups -OCH3 is 1. The molecule has 1 aliphatic heterocycles. The van der Waals surface area contributed by atoms with E-state index in [0.717, 1.165) is 0 Å². The Morgan fingerprint density at radius 3 is 2.79 bits per heavy atom. The molecule has 1 aliphatic carbocycles. The number of hydrogen-bond acceptors (Lipinski definition) is 5. The van der Waals surface area contributed by atoms with Gasteiger partial charge in [0.05, 0.1) is 13.2 Å². The van der Waals surface area contributed by atoms with Crippen LogP contribution in [0.3, 0.4) is 0 Å². The van der Waals surface area contributed by atoms with E-state index in [1.165, 1.54) is 7.11 Å². The lowest BCUT2D eigenvalue weighted by atomic mass is 9.74. The number of halogens is 2. The first kappa shape index (κ1) is 16.8. The van der Waals surface area contributed by atoms with Crippen molar-refractivity contribution in [1.29, 1.82) is 10.7 Å². The molecule has 124 valence electrons. The van der Waals surface area contributed by atoms with Crippen molar-refractivity contribution < 1.29 is 14.3 Å². The Bertz CT molecular complexity index is 811. The monoisotopic (exact) mass is 364 g/mol. The highest BCUT2D eigenvalue weighted by atomic mass is 35.5. The van der Waals surface area contributed by atoms with E-state index >= 15 is 0 Å². The Morgan fingerprint density at radius 2 is 2.12 bits per heavy atom. The van der Waals surface area contributed by atoms with Crippen LogP contribution in [0.4, 0.5) is 0 Å². The number of rotatable bonds is 2. The third-order valence-corrected chi connectivity index (χ3v) is 4.83. The van der Waals surface area contributed by atoms with Crippen molar-refractivity contribution >= 4 is 34.9 Å². The third kappa shape index (κ3) is 2.66. The average Bonchev–Trinajstić information content (AvgIpc) is 2.53. The molecule has 0 fully saturated rings. The molecule has 0 saturated carbocycles. The third-order valence-electron chi connectivity index (χ3n) is 4.29. The van der Waals surface area contributed by atoms with Gasteiger partial charge in [0.25, 0.3) is 0 Å². The van der Waals surface area contributed by atoms with Crippen LogP contribution >= 0.6 is 23.2 Å². The zero-order valence-electron chi connectivity index (χ0n) is 12.9. The molecule has 24 heavy (non-hydrogen) atoms. The van der Waals surface area contributed by atoms with Gasteiger partial charge < -0.3 is 9.47 Å². The van der Waals surface area contributed by atoms with Gasteiger partial charge in [0.1, 0.15) is 17.4 Å². The van der Waals surface area contributed by atoms with Gasteiger partial charge in [-0.25, -0.2) is 0 Å². The van der Waals surface area contributed by atoms with Crippen LogP contribution < -0.4 is 4.74 Å². The Kier molecular flexibility index (Phi) is 4.53. The molecule has 5 nitrogen and oxygen atoms in total. The van der Waals surface area contributed by atoms with Crippen LogP contribution in [0.5, 0.6) is 5.75 Å². The summed E-state index contributed by atoms with van der Waals surface area (Å²) in [6.45, 7) is 0. The first-order chi connectivity index (χ1) is 11.5. The topological polar surface area (TPSA) is 83.2 Å². The van der Waals surface area contributed by atoms with Gasteiger partial charge in [0.15, 0.2) is 5.78 Å². The summed E-state index contributed by atoms with van der Waals surface area (Å²) in [5.41, 5.74) is 0.914. The Labute approximate surface area is 149 Å². The summed E-state index contributed by atoms with van der Waals surface area (Å²) in [5, 5.41) is 18.3. The van der Waals surface area contributed by atoms with Crippen LogP contribution in [0, 0.1) is 22.7 Å². The fourth-order valence-corrected chi connectivity index (χ4v) is 3.87. The minimum absolute atomic E-state index is 0.0814. The van der Waals surface area contributed by atoms with Crippen molar-refractivity contribution in [3.8, 4) is 11.8 Å². The smallest absolute Gasteiger partial charge is 0.205 e. The number of nitrogens with one attached hydrogen (secondary N) is 1. The van der Waals surface area contributed by atoms with Crippen LogP contribution in [0.1, 0.15) is 30.7 Å². The molecule has 0 saturated heterocycles. The highest BCUT2D eigenvalue weighted by Gasteiger charge is 2.44. The molecule has 0 bridgehead atoms.